The number of nitrogens with one attached hydrogen (secondary N) is 2. The first-order valence-corrected chi connectivity index (χ1v) is 10.5. The molecular formula is C18H23ClN4O4S. The minimum atomic E-state index is -3.82. The van der Waals surface area contributed by atoms with Gasteiger partial charge in [-0.15, -0.1) is 0 Å². The summed E-state index contributed by atoms with van der Waals surface area (Å²) in [6.45, 7) is 1.33. The largest absolute Gasteiger partial charge is 0.375 e. The molecule has 0 heterocycles. The van der Waals surface area contributed by atoms with Crippen LogP contribution in [0.3, 0.4) is 0 Å². The molecule has 0 aliphatic rings. The number of hydrogen-bond acceptors (Lipinski definition) is 6. The number of hydrogen-bond donors (Lipinski definition) is 2. The topological polar surface area (TPSA) is 105 Å². The van der Waals surface area contributed by atoms with Gasteiger partial charge in [-0.05, 0) is 56.9 Å². The molecule has 0 aliphatic carbocycles. The molecule has 0 fully saturated rings. The van der Waals surface area contributed by atoms with Crippen molar-refractivity contribution in [3.63, 3.8) is 0 Å². The first-order chi connectivity index (χ1) is 13.2. The lowest BCUT2D eigenvalue weighted by molar-refractivity contribution is -0.384. The summed E-state index contributed by atoms with van der Waals surface area (Å²) in [7, 11) is -0.0254. The van der Waals surface area contributed by atoms with Crippen LogP contribution in [0.25, 0.3) is 0 Å². The second kappa shape index (κ2) is 9.83. The first kappa shape index (κ1) is 22.1. The van der Waals surface area contributed by atoms with E-state index in [2.05, 4.69) is 10.0 Å². The fourth-order valence-electron chi connectivity index (χ4n) is 2.46. The highest BCUT2D eigenvalue weighted by molar-refractivity contribution is 7.89. The van der Waals surface area contributed by atoms with Crippen LogP contribution >= 0.6 is 11.6 Å². The zero-order valence-electron chi connectivity index (χ0n) is 15.7. The normalized spacial score (nSPS) is 11.6. The summed E-state index contributed by atoms with van der Waals surface area (Å²) in [5.74, 6) is 0. The third-order valence-electron chi connectivity index (χ3n) is 3.95. The molecule has 0 saturated heterocycles. The van der Waals surface area contributed by atoms with E-state index < -0.39 is 14.9 Å². The number of benzene rings is 2. The van der Waals surface area contributed by atoms with E-state index in [-0.39, 0.29) is 22.8 Å². The van der Waals surface area contributed by atoms with Crippen molar-refractivity contribution in [1.29, 1.82) is 0 Å². The third kappa shape index (κ3) is 6.45. The average molecular weight is 427 g/mol. The molecule has 2 N–H and O–H groups in total. The summed E-state index contributed by atoms with van der Waals surface area (Å²) in [5.41, 5.74) is 0.828. The molecule has 0 radical (unpaired) electrons. The van der Waals surface area contributed by atoms with Crippen LogP contribution in [0, 0.1) is 10.1 Å². The Kier molecular flexibility index (Phi) is 7.76. The van der Waals surface area contributed by atoms with Crippen molar-refractivity contribution >= 4 is 33.0 Å². The number of nitro benzene ring substituents is 1. The Morgan fingerprint density at radius 3 is 2.43 bits per heavy atom. The highest BCUT2D eigenvalue weighted by Gasteiger charge is 2.21. The number of sulfonamides is 1. The van der Waals surface area contributed by atoms with Crippen molar-refractivity contribution in [2.45, 2.75) is 17.9 Å². The maximum absolute atomic E-state index is 12.4. The molecule has 10 heteroatoms. The van der Waals surface area contributed by atoms with E-state index >= 15 is 0 Å². The summed E-state index contributed by atoms with van der Waals surface area (Å²) in [4.78, 5) is 12.6. The van der Waals surface area contributed by atoms with Crippen molar-refractivity contribution in [2.24, 2.45) is 0 Å². The number of halogens is 1. The minimum absolute atomic E-state index is 0.138. The highest BCUT2D eigenvalue weighted by Crippen LogP contribution is 2.28. The molecule has 0 bridgehead atoms. The Morgan fingerprint density at radius 2 is 1.82 bits per heavy atom. The fraction of sp³-hybridized carbons (Fsp3) is 0.333. The molecular weight excluding hydrogens is 404 g/mol. The Morgan fingerprint density at radius 1 is 1.14 bits per heavy atom. The SMILES string of the molecule is CN(C)CCCNS(=O)(=O)c1ccc(NCc2ccc(Cl)cc2)c([N+](=O)[O-])c1. The summed E-state index contributed by atoms with van der Waals surface area (Å²) >= 11 is 5.84. The van der Waals surface area contributed by atoms with Gasteiger partial charge in [0, 0.05) is 24.2 Å². The number of anilines is 1. The lowest BCUT2D eigenvalue weighted by Gasteiger charge is -2.12. The molecule has 28 heavy (non-hydrogen) atoms. The van der Waals surface area contributed by atoms with Gasteiger partial charge in [0.05, 0.1) is 9.82 Å². The number of rotatable bonds is 10. The number of nitro groups is 1. The van der Waals surface area contributed by atoms with E-state index in [0.717, 1.165) is 18.2 Å². The predicted molar refractivity (Wildman–Crippen MR) is 110 cm³/mol. The fourth-order valence-corrected chi connectivity index (χ4v) is 3.68. The van der Waals surface area contributed by atoms with E-state index in [1.54, 1.807) is 24.3 Å². The van der Waals surface area contributed by atoms with E-state index in [1.807, 2.05) is 19.0 Å². The quantitative estimate of drug-likeness (QED) is 0.343. The summed E-state index contributed by atoms with van der Waals surface area (Å²) in [5, 5.41) is 15.0. The van der Waals surface area contributed by atoms with Crippen LogP contribution in [-0.4, -0.2) is 45.4 Å². The molecule has 0 amide bonds. The number of nitrogens with zero attached hydrogens (tertiary/aromatic N) is 2. The van der Waals surface area contributed by atoms with Gasteiger partial charge >= 0.3 is 0 Å². The van der Waals surface area contributed by atoms with Crippen molar-refractivity contribution in [2.75, 3.05) is 32.5 Å². The van der Waals surface area contributed by atoms with E-state index in [1.165, 1.54) is 12.1 Å². The van der Waals surface area contributed by atoms with Crippen LogP contribution in [0.2, 0.25) is 5.02 Å². The average Bonchev–Trinajstić information content (AvgIpc) is 2.64. The Labute approximate surface area is 169 Å². The zero-order chi connectivity index (χ0) is 20.7. The first-order valence-electron chi connectivity index (χ1n) is 8.60. The standard InChI is InChI=1S/C18H23ClN4O4S/c1-22(2)11-3-10-21-28(26,27)16-8-9-17(18(12-16)23(24)25)20-13-14-4-6-15(19)7-5-14/h4-9,12,20-21H,3,10-11,13H2,1-2H3. The molecule has 2 aromatic rings. The van der Waals surface area contributed by atoms with E-state index in [0.29, 0.717) is 18.0 Å². The lowest BCUT2D eigenvalue weighted by atomic mass is 10.2. The molecule has 2 rings (SSSR count). The van der Waals surface area contributed by atoms with Gasteiger partial charge in [0.15, 0.2) is 0 Å². The van der Waals surface area contributed by atoms with Crippen LogP contribution < -0.4 is 10.0 Å². The van der Waals surface area contributed by atoms with Gasteiger partial charge in [0.1, 0.15) is 5.69 Å². The predicted octanol–water partition coefficient (Wildman–Crippen LogP) is 3.09. The van der Waals surface area contributed by atoms with Crippen LogP contribution in [0.5, 0.6) is 0 Å². The second-order valence-electron chi connectivity index (χ2n) is 6.47. The van der Waals surface area contributed by atoms with Gasteiger partial charge in [-0.1, -0.05) is 23.7 Å². The van der Waals surface area contributed by atoms with Crippen LogP contribution in [0.1, 0.15) is 12.0 Å². The van der Waals surface area contributed by atoms with Gasteiger partial charge in [-0.3, -0.25) is 10.1 Å². The second-order valence-corrected chi connectivity index (χ2v) is 8.67. The molecule has 8 nitrogen and oxygen atoms in total. The van der Waals surface area contributed by atoms with Gasteiger partial charge in [0.25, 0.3) is 5.69 Å². The Balaban J connectivity index is 2.12. The van der Waals surface area contributed by atoms with Crippen LogP contribution in [-0.2, 0) is 16.6 Å². The van der Waals surface area contributed by atoms with Gasteiger partial charge < -0.3 is 10.2 Å². The van der Waals surface area contributed by atoms with Crippen LogP contribution in [0.15, 0.2) is 47.4 Å². The molecule has 2 aromatic carbocycles. The Bertz CT molecular complexity index is 918. The van der Waals surface area contributed by atoms with Crippen molar-refractivity contribution in [3.05, 3.63) is 63.2 Å². The molecule has 0 unspecified atom stereocenters. The molecule has 0 aliphatic heterocycles. The summed E-state index contributed by atoms with van der Waals surface area (Å²) in [6.07, 6.45) is 0.634. The lowest BCUT2D eigenvalue weighted by Crippen LogP contribution is -2.27. The van der Waals surface area contributed by atoms with Gasteiger partial charge in [-0.2, -0.15) is 0 Å². The Hall–Kier alpha value is -2.20. The van der Waals surface area contributed by atoms with Crippen molar-refractivity contribution in [1.82, 2.24) is 9.62 Å². The molecule has 0 spiro atoms. The van der Waals surface area contributed by atoms with Gasteiger partial charge in [-0.25, -0.2) is 13.1 Å². The van der Waals surface area contributed by atoms with Crippen molar-refractivity contribution < 1.29 is 13.3 Å². The van der Waals surface area contributed by atoms with E-state index in [9.17, 15) is 18.5 Å². The maximum atomic E-state index is 12.4. The maximum Gasteiger partial charge on any atom is 0.293 e. The molecule has 0 atom stereocenters. The summed E-state index contributed by atoms with van der Waals surface area (Å²) in [6, 6.07) is 10.9. The monoisotopic (exact) mass is 426 g/mol. The van der Waals surface area contributed by atoms with Crippen molar-refractivity contribution in [3.8, 4) is 0 Å². The third-order valence-corrected chi connectivity index (χ3v) is 5.66. The molecule has 0 aromatic heterocycles. The minimum Gasteiger partial charge on any atom is -0.375 e. The van der Waals surface area contributed by atoms with Gasteiger partial charge in [0.2, 0.25) is 10.0 Å². The smallest absolute Gasteiger partial charge is 0.293 e. The highest BCUT2D eigenvalue weighted by atomic mass is 35.5. The molecule has 152 valence electrons. The zero-order valence-corrected chi connectivity index (χ0v) is 17.3. The molecule has 0 saturated carbocycles. The van der Waals surface area contributed by atoms with Crippen LogP contribution in [0.4, 0.5) is 11.4 Å². The van der Waals surface area contributed by atoms with E-state index in [4.69, 9.17) is 11.6 Å². The summed E-state index contributed by atoms with van der Waals surface area (Å²) < 4.78 is 27.3.